The zero-order valence-corrected chi connectivity index (χ0v) is 14.4. The molecule has 0 rings (SSSR count). The largest absolute Gasteiger partial charge is 0.502 e. The molecule has 21 heavy (non-hydrogen) atoms. The van der Waals surface area contributed by atoms with Crippen LogP contribution in [0.2, 0.25) is 0 Å². The van der Waals surface area contributed by atoms with Gasteiger partial charge in [-0.2, -0.15) is 0 Å². The molecule has 0 heterocycles. The Kier molecular flexibility index (Phi) is 12.7. The maximum absolute atomic E-state index is 5.50. The number of methoxy groups -OCH3 is 3. The first-order valence-corrected chi connectivity index (χ1v) is 8.08. The van der Waals surface area contributed by atoms with E-state index in [2.05, 4.69) is 13.5 Å². The predicted octanol–water partition coefficient (Wildman–Crippen LogP) is 4.50. The van der Waals surface area contributed by atoms with Crippen LogP contribution in [0.25, 0.3) is 0 Å². The van der Waals surface area contributed by atoms with Crippen LogP contribution in [0, 0.1) is 5.92 Å². The second kappa shape index (κ2) is 13.1. The van der Waals surface area contributed by atoms with Gasteiger partial charge < -0.3 is 18.9 Å². The Morgan fingerprint density at radius 3 is 2.00 bits per heavy atom. The molecule has 4 heteroatoms. The molecule has 0 bridgehead atoms. The minimum Gasteiger partial charge on any atom is -0.502 e. The molecule has 0 aliphatic rings. The average Bonchev–Trinajstić information content (AvgIpc) is 2.52. The van der Waals surface area contributed by atoms with Crippen LogP contribution in [-0.2, 0) is 18.9 Å². The van der Waals surface area contributed by atoms with E-state index in [-0.39, 0.29) is 5.92 Å². The number of rotatable bonds is 15. The Balaban J connectivity index is 4.33. The van der Waals surface area contributed by atoms with Crippen LogP contribution >= 0.6 is 0 Å². The highest BCUT2D eigenvalue weighted by molar-refractivity contribution is 4.72. The summed E-state index contributed by atoms with van der Waals surface area (Å²) in [6.07, 6.45) is 10.9. The van der Waals surface area contributed by atoms with Crippen LogP contribution < -0.4 is 0 Å². The van der Waals surface area contributed by atoms with Crippen LogP contribution in [0.5, 0.6) is 0 Å². The number of hydrogen-bond acceptors (Lipinski definition) is 4. The molecule has 0 aromatic carbocycles. The SMILES string of the molecule is C=COCCC(CCCCCCCC)C(OC)(OC)OC. The van der Waals surface area contributed by atoms with E-state index in [1.54, 1.807) is 21.3 Å². The molecule has 4 nitrogen and oxygen atoms in total. The fourth-order valence-corrected chi connectivity index (χ4v) is 2.71. The summed E-state index contributed by atoms with van der Waals surface area (Å²) in [5.74, 6) is -0.836. The van der Waals surface area contributed by atoms with Gasteiger partial charge in [-0.15, -0.1) is 0 Å². The van der Waals surface area contributed by atoms with Crippen molar-refractivity contribution in [3.63, 3.8) is 0 Å². The normalized spacial score (nSPS) is 13.1. The Morgan fingerprint density at radius 1 is 0.905 bits per heavy atom. The highest BCUT2D eigenvalue weighted by Gasteiger charge is 2.39. The molecule has 0 spiro atoms. The third-order valence-corrected chi connectivity index (χ3v) is 3.96. The zero-order chi connectivity index (χ0) is 16.0. The van der Waals surface area contributed by atoms with Gasteiger partial charge in [0.05, 0.1) is 12.9 Å². The van der Waals surface area contributed by atoms with Crippen molar-refractivity contribution in [3.8, 4) is 0 Å². The van der Waals surface area contributed by atoms with Crippen LogP contribution in [-0.4, -0.2) is 33.9 Å². The molecule has 0 aromatic heterocycles. The van der Waals surface area contributed by atoms with Gasteiger partial charge in [-0.1, -0.05) is 52.0 Å². The highest BCUT2D eigenvalue weighted by Crippen LogP contribution is 2.31. The predicted molar refractivity (Wildman–Crippen MR) is 86.0 cm³/mol. The zero-order valence-electron chi connectivity index (χ0n) is 14.4. The molecular formula is C17H34O4. The average molecular weight is 302 g/mol. The molecule has 1 atom stereocenters. The lowest BCUT2D eigenvalue weighted by atomic mass is 9.94. The summed E-state index contributed by atoms with van der Waals surface area (Å²) in [6, 6.07) is 0. The summed E-state index contributed by atoms with van der Waals surface area (Å²) in [5, 5.41) is 0. The molecule has 0 amide bonds. The molecule has 0 aliphatic carbocycles. The van der Waals surface area contributed by atoms with Gasteiger partial charge in [-0.25, -0.2) is 0 Å². The van der Waals surface area contributed by atoms with E-state index in [9.17, 15) is 0 Å². The first kappa shape index (κ1) is 20.4. The summed E-state index contributed by atoms with van der Waals surface area (Å²) >= 11 is 0. The fraction of sp³-hybridized carbons (Fsp3) is 0.882. The van der Waals surface area contributed by atoms with Crippen LogP contribution in [0.4, 0.5) is 0 Å². The molecule has 0 saturated heterocycles. The quantitative estimate of drug-likeness (QED) is 0.254. The lowest BCUT2D eigenvalue weighted by Gasteiger charge is -2.36. The molecule has 0 fully saturated rings. The summed E-state index contributed by atoms with van der Waals surface area (Å²) in [5.41, 5.74) is 0. The van der Waals surface area contributed by atoms with E-state index in [4.69, 9.17) is 18.9 Å². The Labute approximate surface area is 130 Å². The van der Waals surface area contributed by atoms with Gasteiger partial charge in [0.25, 0.3) is 5.97 Å². The summed E-state index contributed by atoms with van der Waals surface area (Å²) in [4.78, 5) is 0. The second-order valence-corrected chi connectivity index (χ2v) is 5.30. The van der Waals surface area contributed by atoms with Gasteiger partial charge in [0.2, 0.25) is 0 Å². The fourth-order valence-electron chi connectivity index (χ4n) is 2.71. The van der Waals surface area contributed by atoms with Crippen molar-refractivity contribution in [2.75, 3.05) is 27.9 Å². The van der Waals surface area contributed by atoms with Crippen LogP contribution in [0.15, 0.2) is 12.8 Å². The van der Waals surface area contributed by atoms with Gasteiger partial charge in [0, 0.05) is 27.2 Å². The third kappa shape index (κ3) is 7.84. The van der Waals surface area contributed by atoms with E-state index in [0.29, 0.717) is 6.61 Å². The molecule has 0 radical (unpaired) electrons. The van der Waals surface area contributed by atoms with Gasteiger partial charge in [0.15, 0.2) is 0 Å². The molecule has 0 N–H and O–H groups in total. The monoisotopic (exact) mass is 302 g/mol. The minimum atomic E-state index is -0.978. The Morgan fingerprint density at radius 2 is 1.48 bits per heavy atom. The Hall–Kier alpha value is -0.580. The molecule has 126 valence electrons. The van der Waals surface area contributed by atoms with Crippen molar-refractivity contribution in [2.24, 2.45) is 5.92 Å². The van der Waals surface area contributed by atoms with E-state index in [1.165, 1.54) is 38.4 Å². The van der Waals surface area contributed by atoms with Crippen molar-refractivity contribution in [2.45, 2.75) is 64.3 Å². The van der Waals surface area contributed by atoms with Gasteiger partial charge in [-0.3, -0.25) is 0 Å². The number of ether oxygens (including phenoxy) is 4. The maximum atomic E-state index is 5.50. The smallest absolute Gasteiger partial charge is 0.285 e. The minimum absolute atomic E-state index is 0.142. The topological polar surface area (TPSA) is 36.9 Å². The molecule has 1 unspecified atom stereocenters. The van der Waals surface area contributed by atoms with Crippen LogP contribution in [0.3, 0.4) is 0 Å². The summed E-state index contributed by atoms with van der Waals surface area (Å²) in [7, 11) is 4.86. The van der Waals surface area contributed by atoms with Crippen molar-refractivity contribution >= 4 is 0 Å². The molecular weight excluding hydrogens is 268 g/mol. The van der Waals surface area contributed by atoms with Crippen molar-refractivity contribution in [1.29, 1.82) is 0 Å². The maximum Gasteiger partial charge on any atom is 0.285 e. The standard InChI is InChI=1S/C17H34O4/c1-6-8-9-10-11-12-13-16(14-15-21-7-2)17(18-3,19-4)20-5/h7,16H,2,6,8-15H2,1,3-5H3. The lowest BCUT2D eigenvalue weighted by Crippen LogP contribution is -2.44. The van der Waals surface area contributed by atoms with E-state index in [0.717, 1.165) is 19.3 Å². The van der Waals surface area contributed by atoms with Crippen molar-refractivity contribution < 1.29 is 18.9 Å². The van der Waals surface area contributed by atoms with E-state index in [1.807, 2.05) is 0 Å². The first-order chi connectivity index (χ1) is 10.2. The molecule has 0 aliphatic heterocycles. The summed E-state index contributed by atoms with van der Waals surface area (Å²) < 4.78 is 21.7. The second-order valence-electron chi connectivity index (χ2n) is 5.30. The van der Waals surface area contributed by atoms with E-state index < -0.39 is 5.97 Å². The number of hydrogen-bond donors (Lipinski definition) is 0. The van der Waals surface area contributed by atoms with E-state index >= 15 is 0 Å². The summed E-state index contributed by atoms with van der Waals surface area (Å²) in [6.45, 7) is 6.40. The van der Waals surface area contributed by atoms with Crippen LogP contribution in [0.1, 0.15) is 58.3 Å². The first-order valence-electron chi connectivity index (χ1n) is 8.08. The van der Waals surface area contributed by atoms with Crippen molar-refractivity contribution in [1.82, 2.24) is 0 Å². The highest BCUT2D eigenvalue weighted by atomic mass is 16.9. The Bertz CT molecular complexity index is 231. The van der Waals surface area contributed by atoms with Gasteiger partial charge in [-0.05, 0) is 12.8 Å². The lowest BCUT2D eigenvalue weighted by molar-refractivity contribution is -0.380. The number of unbranched alkanes of at least 4 members (excludes halogenated alkanes) is 5. The van der Waals surface area contributed by atoms with Crippen molar-refractivity contribution in [3.05, 3.63) is 12.8 Å². The molecule has 0 aromatic rings. The third-order valence-electron chi connectivity index (χ3n) is 3.96. The van der Waals surface area contributed by atoms with Gasteiger partial charge in [0.1, 0.15) is 0 Å². The van der Waals surface area contributed by atoms with Gasteiger partial charge >= 0.3 is 0 Å². The molecule has 0 saturated carbocycles.